The Balaban J connectivity index is 1.99. The van der Waals surface area contributed by atoms with E-state index in [9.17, 15) is 4.79 Å². The smallest absolute Gasteiger partial charge is 0.237 e. The standard InChI is InChI=1S/C14H26N2O/c1-10(2)8-12-13(17)15-9-14(16-12)6-4-11(3)5-7-14/h10-12,16H,4-9H2,1-3H3,(H,15,17). The molecule has 2 N–H and O–H groups in total. The third-order valence-electron chi connectivity index (χ3n) is 4.34. The molecule has 2 aliphatic rings. The first kappa shape index (κ1) is 12.9. The lowest BCUT2D eigenvalue weighted by molar-refractivity contribution is -0.127. The van der Waals surface area contributed by atoms with E-state index in [-0.39, 0.29) is 17.5 Å². The number of hydrogen-bond donors (Lipinski definition) is 2. The van der Waals surface area contributed by atoms with Crippen molar-refractivity contribution in [2.75, 3.05) is 6.54 Å². The van der Waals surface area contributed by atoms with Crippen LogP contribution in [-0.4, -0.2) is 24.0 Å². The van der Waals surface area contributed by atoms with E-state index in [1.165, 1.54) is 25.7 Å². The minimum Gasteiger partial charge on any atom is -0.353 e. The number of nitrogens with one attached hydrogen (secondary N) is 2. The molecular weight excluding hydrogens is 212 g/mol. The Morgan fingerprint density at radius 2 is 2.00 bits per heavy atom. The second-order valence-electron chi connectivity index (χ2n) is 6.51. The third-order valence-corrected chi connectivity index (χ3v) is 4.34. The van der Waals surface area contributed by atoms with Crippen LogP contribution in [0.1, 0.15) is 52.9 Å². The van der Waals surface area contributed by atoms with Crippen molar-refractivity contribution >= 4 is 5.91 Å². The molecule has 98 valence electrons. The van der Waals surface area contributed by atoms with Gasteiger partial charge in [0, 0.05) is 12.1 Å². The van der Waals surface area contributed by atoms with Crippen molar-refractivity contribution in [3.8, 4) is 0 Å². The van der Waals surface area contributed by atoms with E-state index in [4.69, 9.17) is 0 Å². The molecule has 0 aromatic rings. The van der Waals surface area contributed by atoms with Gasteiger partial charge in [-0.3, -0.25) is 10.1 Å². The monoisotopic (exact) mass is 238 g/mol. The van der Waals surface area contributed by atoms with Gasteiger partial charge in [-0.25, -0.2) is 0 Å². The summed E-state index contributed by atoms with van der Waals surface area (Å²) >= 11 is 0. The first-order valence-corrected chi connectivity index (χ1v) is 7.06. The van der Waals surface area contributed by atoms with Crippen LogP contribution in [0.25, 0.3) is 0 Å². The fourth-order valence-electron chi connectivity index (χ4n) is 3.14. The van der Waals surface area contributed by atoms with Gasteiger partial charge < -0.3 is 5.32 Å². The van der Waals surface area contributed by atoms with Crippen molar-refractivity contribution in [3.63, 3.8) is 0 Å². The molecule has 3 nitrogen and oxygen atoms in total. The third kappa shape index (κ3) is 3.01. The predicted molar refractivity (Wildman–Crippen MR) is 69.8 cm³/mol. The Hall–Kier alpha value is -0.570. The molecule has 2 rings (SSSR count). The maximum absolute atomic E-state index is 11.8. The average molecular weight is 238 g/mol. The second-order valence-corrected chi connectivity index (χ2v) is 6.51. The molecule has 1 saturated carbocycles. The van der Waals surface area contributed by atoms with E-state index in [0.717, 1.165) is 18.9 Å². The van der Waals surface area contributed by atoms with Gasteiger partial charge >= 0.3 is 0 Å². The Bertz CT molecular complexity index is 280. The molecule has 0 aromatic heterocycles. The summed E-state index contributed by atoms with van der Waals surface area (Å²) in [5.74, 6) is 1.61. The quantitative estimate of drug-likeness (QED) is 0.773. The molecule has 0 bridgehead atoms. The van der Waals surface area contributed by atoms with Crippen LogP contribution < -0.4 is 10.6 Å². The maximum atomic E-state index is 11.8. The summed E-state index contributed by atoms with van der Waals surface area (Å²) in [6.45, 7) is 7.52. The Kier molecular flexibility index (Phi) is 3.76. The van der Waals surface area contributed by atoms with Crippen molar-refractivity contribution in [2.24, 2.45) is 11.8 Å². The molecule has 1 amide bonds. The number of hydrogen-bond acceptors (Lipinski definition) is 2. The highest BCUT2D eigenvalue weighted by molar-refractivity contribution is 5.82. The predicted octanol–water partition coefficient (Wildman–Crippen LogP) is 2.07. The van der Waals surface area contributed by atoms with E-state index in [0.29, 0.717) is 5.92 Å². The van der Waals surface area contributed by atoms with E-state index < -0.39 is 0 Å². The summed E-state index contributed by atoms with van der Waals surface area (Å²) in [5, 5.41) is 6.77. The summed E-state index contributed by atoms with van der Waals surface area (Å²) in [5.41, 5.74) is 0.194. The zero-order chi connectivity index (χ0) is 12.5. The molecule has 1 aliphatic heterocycles. The minimum absolute atomic E-state index is 0.0251. The van der Waals surface area contributed by atoms with Crippen LogP contribution >= 0.6 is 0 Å². The number of carbonyl (C=O) groups is 1. The highest BCUT2D eigenvalue weighted by atomic mass is 16.2. The van der Waals surface area contributed by atoms with Crippen LogP contribution in [-0.2, 0) is 4.79 Å². The molecule has 1 aliphatic carbocycles. The van der Waals surface area contributed by atoms with E-state index >= 15 is 0 Å². The molecule has 1 spiro atoms. The summed E-state index contributed by atoms with van der Waals surface area (Å²) in [6, 6.07) is 0.0251. The Labute approximate surface area is 105 Å². The molecule has 1 saturated heterocycles. The Morgan fingerprint density at radius 1 is 1.35 bits per heavy atom. The fourth-order valence-corrected chi connectivity index (χ4v) is 3.14. The van der Waals surface area contributed by atoms with Crippen molar-refractivity contribution in [2.45, 2.75) is 64.5 Å². The van der Waals surface area contributed by atoms with Crippen molar-refractivity contribution < 1.29 is 4.79 Å². The lowest BCUT2D eigenvalue weighted by atomic mass is 9.75. The van der Waals surface area contributed by atoms with Crippen LogP contribution in [0.2, 0.25) is 0 Å². The van der Waals surface area contributed by atoms with E-state index in [1.54, 1.807) is 0 Å². The molecule has 2 fully saturated rings. The first-order chi connectivity index (χ1) is 8.01. The molecule has 1 heterocycles. The van der Waals surface area contributed by atoms with Crippen molar-refractivity contribution in [1.29, 1.82) is 0 Å². The van der Waals surface area contributed by atoms with Gasteiger partial charge in [-0.15, -0.1) is 0 Å². The molecule has 1 atom stereocenters. The molecular formula is C14H26N2O. The summed E-state index contributed by atoms with van der Waals surface area (Å²) in [4.78, 5) is 11.8. The molecule has 17 heavy (non-hydrogen) atoms. The topological polar surface area (TPSA) is 41.1 Å². The van der Waals surface area contributed by atoms with Crippen molar-refractivity contribution in [3.05, 3.63) is 0 Å². The van der Waals surface area contributed by atoms with E-state index in [1.807, 2.05) is 0 Å². The number of rotatable bonds is 2. The number of amides is 1. The highest BCUT2D eigenvalue weighted by Gasteiger charge is 2.41. The summed E-state index contributed by atoms with van der Waals surface area (Å²) in [7, 11) is 0. The van der Waals surface area contributed by atoms with Crippen LogP contribution in [0.4, 0.5) is 0 Å². The normalized spacial score (nSPS) is 38.5. The van der Waals surface area contributed by atoms with Gasteiger partial charge in [0.25, 0.3) is 0 Å². The van der Waals surface area contributed by atoms with Gasteiger partial charge in [-0.2, -0.15) is 0 Å². The van der Waals surface area contributed by atoms with Crippen LogP contribution in [0.3, 0.4) is 0 Å². The maximum Gasteiger partial charge on any atom is 0.237 e. The van der Waals surface area contributed by atoms with Gasteiger partial charge in [0.05, 0.1) is 6.04 Å². The van der Waals surface area contributed by atoms with Gasteiger partial charge in [-0.05, 0) is 43.9 Å². The first-order valence-electron chi connectivity index (χ1n) is 7.06. The SMILES string of the molecule is CC(C)CC1NC2(CCC(C)CC2)CNC1=O. The van der Waals surface area contributed by atoms with Gasteiger partial charge in [0.15, 0.2) is 0 Å². The Morgan fingerprint density at radius 3 is 2.59 bits per heavy atom. The van der Waals surface area contributed by atoms with Crippen LogP contribution in [0.15, 0.2) is 0 Å². The van der Waals surface area contributed by atoms with Gasteiger partial charge in [0.2, 0.25) is 5.91 Å². The average Bonchev–Trinajstić information content (AvgIpc) is 2.28. The number of carbonyl (C=O) groups excluding carboxylic acids is 1. The van der Waals surface area contributed by atoms with Crippen LogP contribution in [0, 0.1) is 11.8 Å². The van der Waals surface area contributed by atoms with Gasteiger partial charge in [-0.1, -0.05) is 20.8 Å². The highest BCUT2D eigenvalue weighted by Crippen LogP contribution is 2.33. The molecule has 0 radical (unpaired) electrons. The lowest BCUT2D eigenvalue weighted by Crippen LogP contribution is -2.67. The van der Waals surface area contributed by atoms with Crippen molar-refractivity contribution in [1.82, 2.24) is 10.6 Å². The van der Waals surface area contributed by atoms with E-state index in [2.05, 4.69) is 31.4 Å². The summed E-state index contributed by atoms with van der Waals surface area (Å²) < 4.78 is 0. The zero-order valence-electron chi connectivity index (χ0n) is 11.4. The number of piperazine rings is 1. The van der Waals surface area contributed by atoms with Gasteiger partial charge in [0.1, 0.15) is 0 Å². The molecule has 1 unspecified atom stereocenters. The summed E-state index contributed by atoms with van der Waals surface area (Å²) in [6.07, 6.45) is 5.95. The minimum atomic E-state index is 0.0251. The molecule has 0 aromatic carbocycles. The lowest BCUT2D eigenvalue weighted by Gasteiger charge is -2.46. The second kappa shape index (κ2) is 4.97. The zero-order valence-corrected chi connectivity index (χ0v) is 11.4. The largest absolute Gasteiger partial charge is 0.353 e. The fraction of sp³-hybridized carbons (Fsp3) is 0.929. The molecule has 3 heteroatoms. The van der Waals surface area contributed by atoms with Crippen LogP contribution in [0.5, 0.6) is 0 Å².